The predicted molar refractivity (Wildman–Crippen MR) is 122 cm³/mol. The van der Waals surface area contributed by atoms with Crippen LogP contribution in [0.5, 0.6) is 0 Å². The van der Waals surface area contributed by atoms with Gasteiger partial charge in [-0.25, -0.2) is 0 Å². The summed E-state index contributed by atoms with van der Waals surface area (Å²) in [5.41, 5.74) is 0.545. The first kappa shape index (κ1) is 22.7. The zero-order chi connectivity index (χ0) is 22.9. The maximum atomic E-state index is 13.7. The van der Waals surface area contributed by atoms with Crippen molar-refractivity contribution in [1.82, 2.24) is 0 Å². The number of anilines is 1. The molecule has 6 heteroatoms. The van der Waals surface area contributed by atoms with E-state index in [1.54, 1.807) is 25.1 Å². The van der Waals surface area contributed by atoms with Crippen molar-refractivity contribution >= 4 is 23.2 Å². The fourth-order valence-corrected chi connectivity index (χ4v) is 5.00. The Morgan fingerprint density at radius 3 is 2.50 bits per heavy atom. The number of halogens is 4. The molecule has 1 fully saturated rings. The van der Waals surface area contributed by atoms with Gasteiger partial charge < -0.3 is 0 Å². The van der Waals surface area contributed by atoms with Crippen LogP contribution in [-0.4, -0.2) is 5.91 Å². The second-order valence-electron chi connectivity index (χ2n) is 8.52. The van der Waals surface area contributed by atoms with Crippen molar-refractivity contribution in [2.45, 2.75) is 45.2 Å². The van der Waals surface area contributed by atoms with E-state index in [9.17, 15) is 18.0 Å². The van der Waals surface area contributed by atoms with Crippen molar-refractivity contribution in [2.75, 3.05) is 4.90 Å². The summed E-state index contributed by atoms with van der Waals surface area (Å²) < 4.78 is 41.1. The third kappa shape index (κ3) is 4.49. The molecule has 0 aromatic heterocycles. The van der Waals surface area contributed by atoms with Crippen molar-refractivity contribution in [3.05, 3.63) is 88.1 Å². The number of amides is 1. The highest BCUT2D eigenvalue weighted by molar-refractivity contribution is 6.32. The summed E-state index contributed by atoms with van der Waals surface area (Å²) in [5, 5.41) is 0.462. The average Bonchev–Trinajstić information content (AvgIpc) is 3.31. The summed E-state index contributed by atoms with van der Waals surface area (Å²) in [6.45, 7) is 1.78. The van der Waals surface area contributed by atoms with Crippen LogP contribution in [-0.2, 0) is 6.18 Å². The smallest absolute Gasteiger partial charge is 0.280 e. The van der Waals surface area contributed by atoms with Gasteiger partial charge in [0.1, 0.15) is 0 Å². The number of carbonyl (C=O) groups excluding carboxylic acids is 1. The lowest BCUT2D eigenvalue weighted by molar-refractivity contribution is -0.137. The van der Waals surface area contributed by atoms with Crippen molar-refractivity contribution in [1.29, 1.82) is 0 Å². The molecule has 0 saturated heterocycles. The van der Waals surface area contributed by atoms with Gasteiger partial charge in [0.05, 0.1) is 16.8 Å². The van der Waals surface area contributed by atoms with Gasteiger partial charge in [0.15, 0.2) is 0 Å². The Bertz CT molecular complexity index is 1070. The van der Waals surface area contributed by atoms with E-state index in [-0.39, 0.29) is 11.5 Å². The molecule has 1 amide bonds. The van der Waals surface area contributed by atoms with Crippen molar-refractivity contribution in [3.8, 4) is 0 Å². The monoisotopic (exact) mass is 459 g/mol. The number of benzene rings is 2. The number of nitrogens with zero attached hydrogens (tertiary/aromatic N) is 1. The summed E-state index contributed by atoms with van der Waals surface area (Å²) >= 11 is 6.33. The normalized spacial score (nSPS) is 19.2. The van der Waals surface area contributed by atoms with E-state index in [4.69, 9.17) is 11.6 Å². The highest BCUT2D eigenvalue weighted by Crippen LogP contribution is 2.41. The molecule has 2 nitrogen and oxygen atoms in total. The lowest BCUT2D eigenvalue weighted by Crippen LogP contribution is -2.34. The molecule has 1 unspecified atom stereocenters. The van der Waals surface area contributed by atoms with Crippen LogP contribution in [0, 0.1) is 18.8 Å². The van der Waals surface area contributed by atoms with E-state index in [2.05, 4.69) is 6.08 Å². The molecule has 32 heavy (non-hydrogen) atoms. The molecule has 0 heterocycles. The highest BCUT2D eigenvalue weighted by Gasteiger charge is 2.37. The van der Waals surface area contributed by atoms with Gasteiger partial charge in [-0.1, -0.05) is 54.8 Å². The largest absolute Gasteiger partial charge is 0.417 e. The number of allylic oxidation sites excluding steroid dienone is 4. The number of hydrogen-bond acceptors (Lipinski definition) is 1. The Labute approximate surface area is 191 Å². The van der Waals surface area contributed by atoms with Gasteiger partial charge in [0.25, 0.3) is 5.91 Å². The first-order valence-electron chi connectivity index (χ1n) is 10.9. The Balaban J connectivity index is 1.79. The predicted octanol–water partition coefficient (Wildman–Crippen LogP) is 7.96. The van der Waals surface area contributed by atoms with Gasteiger partial charge >= 0.3 is 6.18 Å². The minimum absolute atomic E-state index is 0.269. The molecule has 2 aromatic carbocycles. The van der Waals surface area contributed by atoms with Crippen LogP contribution in [0.4, 0.5) is 18.9 Å². The molecular weight excluding hydrogens is 435 g/mol. The Morgan fingerprint density at radius 2 is 1.78 bits per heavy atom. The quantitative estimate of drug-likeness (QED) is 0.454. The number of carbonyl (C=O) groups is 1. The third-order valence-electron chi connectivity index (χ3n) is 6.53. The number of rotatable bonds is 4. The molecule has 0 spiro atoms. The molecule has 2 aliphatic carbocycles. The van der Waals surface area contributed by atoms with Gasteiger partial charge in [-0.3, -0.25) is 9.69 Å². The van der Waals surface area contributed by atoms with E-state index < -0.39 is 17.6 Å². The lowest BCUT2D eigenvalue weighted by Gasteiger charge is -2.33. The summed E-state index contributed by atoms with van der Waals surface area (Å²) in [6, 6.07) is 10.1. The standard InChI is InChI=1S/C26H25ClF3NO/c1-17-23(27)14-7-15-24(17)31(20-11-6-10-19(16-20)18-8-2-3-9-18)25(32)21-12-4-5-13-22(21)26(28,29)30/h4-7,10-15,18-19H,2-3,8-9,16H2,1H3. The molecular formula is C26H25ClF3NO. The fourth-order valence-electron chi connectivity index (χ4n) is 4.83. The van der Waals surface area contributed by atoms with E-state index in [1.165, 1.54) is 35.9 Å². The summed E-state index contributed by atoms with van der Waals surface area (Å²) in [7, 11) is 0. The first-order chi connectivity index (χ1) is 15.3. The van der Waals surface area contributed by atoms with E-state index >= 15 is 0 Å². The van der Waals surface area contributed by atoms with Crippen molar-refractivity contribution in [3.63, 3.8) is 0 Å². The zero-order valence-electron chi connectivity index (χ0n) is 17.8. The summed E-state index contributed by atoms with van der Waals surface area (Å²) in [6.07, 6.45) is 6.58. The van der Waals surface area contributed by atoms with Crippen molar-refractivity contribution < 1.29 is 18.0 Å². The molecule has 0 N–H and O–H groups in total. The number of hydrogen-bond donors (Lipinski definition) is 0. The zero-order valence-corrected chi connectivity index (χ0v) is 18.6. The Kier molecular flexibility index (Phi) is 6.47. The number of alkyl halides is 3. The molecule has 0 radical (unpaired) electrons. The van der Waals surface area contributed by atoms with Crippen molar-refractivity contribution in [2.24, 2.45) is 11.8 Å². The van der Waals surface area contributed by atoms with Gasteiger partial charge in [-0.15, -0.1) is 0 Å². The van der Waals surface area contributed by atoms with Crippen LogP contribution in [0.3, 0.4) is 0 Å². The van der Waals surface area contributed by atoms with Crippen LogP contribution < -0.4 is 4.90 Å². The SMILES string of the molecule is Cc1c(Cl)cccc1N(C(=O)c1ccccc1C(F)(F)F)C1=CC=CC(C2CCCC2)C1. The second kappa shape index (κ2) is 9.14. The minimum atomic E-state index is -4.63. The summed E-state index contributed by atoms with van der Waals surface area (Å²) in [4.78, 5) is 15.1. The van der Waals surface area contributed by atoms with Gasteiger partial charge in [-0.2, -0.15) is 13.2 Å². The highest BCUT2D eigenvalue weighted by atomic mass is 35.5. The van der Waals surface area contributed by atoms with Crippen LogP contribution in [0.25, 0.3) is 0 Å². The van der Waals surface area contributed by atoms with E-state index in [1.807, 2.05) is 12.2 Å². The van der Waals surface area contributed by atoms with Crippen LogP contribution in [0.15, 0.2) is 66.4 Å². The molecule has 1 saturated carbocycles. The minimum Gasteiger partial charge on any atom is -0.280 e. The van der Waals surface area contributed by atoms with Gasteiger partial charge in [0.2, 0.25) is 0 Å². The lowest BCUT2D eigenvalue weighted by atomic mass is 9.84. The summed E-state index contributed by atoms with van der Waals surface area (Å²) in [5.74, 6) is 0.106. The average molecular weight is 460 g/mol. The van der Waals surface area contributed by atoms with E-state index in [0.29, 0.717) is 34.3 Å². The first-order valence-corrected chi connectivity index (χ1v) is 11.3. The molecule has 4 rings (SSSR count). The molecule has 2 aliphatic rings. The second-order valence-corrected chi connectivity index (χ2v) is 8.93. The molecule has 2 aromatic rings. The Hall–Kier alpha value is -2.53. The molecule has 0 bridgehead atoms. The van der Waals surface area contributed by atoms with Crippen LogP contribution in [0.1, 0.15) is 53.6 Å². The third-order valence-corrected chi connectivity index (χ3v) is 6.94. The molecule has 1 atom stereocenters. The van der Waals surface area contributed by atoms with Gasteiger partial charge in [-0.05, 0) is 73.9 Å². The maximum absolute atomic E-state index is 13.7. The van der Waals surface area contributed by atoms with Crippen LogP contribution >= 0.6 is 11.6 Å². The van der Waals surface area contributed by atoms with E-state index in [0.717, 1.165) is 18.9 Å². The molecule has 0 aliphatic heterocycles. The molecule has 168 valence electrons. The fraction of sp³-hybridized carbons (Fsp3) is 0.346. The topological polar surface area (TPSA) is 20.3 Å². The maximum Gasteiger partial charge on any atom is 0.417 e. The Morgan fingerprint density at radius 1 is 1.06 bits per heavy atom. The van der Waals surface area contributed by atoms with Gasteiger partial charge in [0, 0.05) is 10.7 Å². The van der Waals surface area contributed by atoms with Crippen LogP contribution in [0.2, 0.25) is 5.02 Å².